The van der Waals surface area contributed by atoms with Crippen molar-refractivity contribution in [3.8, 4) is 0 Å². The van der Waals surface area contributed by atoms with E-state index in [1.165, 1.54) is 6.07 Å². The Hall–Kier alpha value is -0.640. The molecular weight excluding hydrogens is 277 g/mol. The molecule has 0 radical (unpaired) electrons. The van der Waals surface area contributed by atoms with Crippen molar-refractivity contribution in [3.63, 3.8) is 0 Å². The van der Waals surface area contributed by atoms with E-state index in [-0.39, 0.29) is 22.5 Å². The predicted octanol–water partition coefficient (Wildman–Crippen LogP) is 4.20. The molecule has 0 fully saturated rings. The van der Waals surface area contributed by atoms with E-state index >= 15 is 0 Å². The minimum Gasteiger partial charge on any atom is -0.379 e. The maximum atomic E-state index is 13.5. The lowest BCUT2D eigenvalue weighted by atomic mass is 9.93. The molecule has 0 aliphatic heterocycles. The van der Waals surface area contributed by atoms with Crippen LogP contribution < -0.4 is 5.32 Å². The van der Waals surface area contributed by atoms with Crippen LogP contribution in [0.2, 0.25) is 5.02 Å². The van der Waals surface area contributed by atoms with Crippen molar-refractivity contribution in [2.24, 2.45) is 0 Å². The van der Waals surface area contributed by atoms with Gasteiger partial charge >= 0.3 is 0 Å². The molecule has 1 N–H and O–H groups in total. The van der Waals surface area contributed by atoms with Gasteiger partial charge in [0.05, 0.1) is 10.6 Å². The van der Waals surface area contributed by atoms with Crippen LogP contribution in [0.15, 0.2) is 18.2 Å². The summed E-state index contributed by atoms with van der Waals surface area (Å²) >= 11 is 6.04. The second-order valence-electron chi connectivity index (χ2n) is 5.74. The van der Waals surface area contributed by atoms with Gasteiger partial charge in [-0.15, -0.1) is 0 Å². The van der Waals surface area contributed by atoms with E-state index in [9.17, 15) is 4.39 Å². The van der Waals surface area contributed by atoms with Crippen molar-refractivity contribution in [2.75, 3.05) is 13.7 Å². The lowest BCUT2D eigenvalue weighted by molar-refractivity contribution is 0.00714. The Bertz CT molecular complexity index is 423. The van der Waals surface area contributed by atoms with E-state index in [2.05, 4.69) is 26.1 Å². The summed E-state index contributed by atoms with van der Waals surface area (Å²) < 4.78 is 19.0. The number of hydrogen-bond donors (Lipinski definition) is 1. The minimum absolute atomic E-state index is 0.212. The zero-order chi connectivity index (χ0) is 15.2. The van der Waals surface area contributed by atoms with Crippen LogP contribution in [0, 0.1) is 5.82 Å². The van der Waals surface area contributed by atoms with Gasteiger partial charge < -0.3 is 10.1 Å². The Morgan fingerprint density at radius 1 is 1.40 bits per heavy atom. The van der Waals surface area contributed by atoms with E-state index in [4.69, 9.17) is 16.3 Å². The van der Waals surface area contributed by atoms with Crippen LogP contribution in [0.1, 0.15) is 39.2 Å². The zero-order valence-electron chi connectivity index (χ0n) is 12.8. The number of hydrogen-bond acceptors (Lipinski definition) is 2. The van der Waals surface area contributed by atoms with Crippen LogP contribution in [0.4, 0.5) is 4.39 Å². The summed E-state index contributed by atoms with van der Waals surface area (Å²) in [6.45, 7) is 7.17. The lowest BCUT2D eigenvalue weighted by Crippen LogP contribution is -2.39. The Morgan fingerprint density at radius 2 is 2.10 bits per heavy atom. The first-order valence-electron chi connectivity index (χ1n) is 7.11. The highest BCUT2D eigenvalue weighted by molar-refractivity contribution is 6.31. The molecule has 1 aromatic rings. The molecular formula is C16H25ClFNO. The number of nitrogens with one attached hydrogen (secondary N) is 1. The molecule has 0 saturated heterocycles. The summed E-state index contributed by atoms with van der Waals surface area (Å²) in [5.74, 6) is -0.357. The summed E-state index contributed by atoms with van der Waals surface area (Å²) in [6.07, 6.45) is 2.60. The first-order valence-corrected chi connectivity index (χ1v) is 7.49. The van der Waals surface area contributed by atoms with Crippen molar-refractivity contribution in [1.29, 1.82) is 0 Å². The molecule has 4 heteroatoms. The van der Waals surface area contributed by atoms with Crippen molar-refractivity contribution in [3.05, 3.63) is 34.6 Å². The normalized spacial score (nSPS) is 13.5. The summed E-state index contributed by atoms with van der Waals surface area (Å²) in [7, 11) is 1.71. The Balaban J connectivity index is 2.80. The fourth-order valence-electron chi connectivity index (χ4n) is 2.21. The summed E-state index contributed by atoms with van der Waals surface area (Å²) in [5, 5.41) is 3.72. The van der Waals surface area contributed by atoms with Crippen molar-refractivity contribution < 1.29 is 9.13 Å². The first kappa shape index (κ1) is 17.4. The van der Waals surface area contributed by atoms with Gasteiger partial charge in [0.15, 0.2) is 0 Å². The summed E-state index contributed by atoms with van der Waals surface area (Å²) in [6, 6.07) is 5.18. The van der Waals surface area contributed by atoms with Crippen molar-refractivity contribution in [2.45, 2.75) is 51.7 Å². The van der Waals surface area contributed by atoms with Crippen LogP contribution in [0.5, 0.6) is 0 Å². The van der Waals surface area contributed by atoms with E-state index < -0.39 is 0 Å². The molecule has 0 spiro atoms. The molecule has 1 rings (SSSR count). The second kappa shape index (κ2) is 7.96. The van der Waals surface area contributed by atoms with Gasteiger partial charge in [-0.1, -0.05) is 30.7 Å². The largest absolute Gasteiger partial charge is 0.379 e. The Kier molecular flexibility index (Phi) is 6.93. The molecule has 0 saturated carbocycles. The number of halogens is 2. The molecule has 0 aliphatic rings. The predicted molar refractivity (Wildman–Crippen MR) is 82.9 cm³/mol. The lowest BCUT2D eigenvalue weighted by Gasteiger charge is -2.29. The number of rotatable bonds is 8. The molecule has 0 amide bonds. The van der Waals surface area contributed by atoms with Crippen LogP contribution in [-0.4, -0.2) is 25.3 Å². The Labute approximate surface area is 126 Å². The topological polar surface area (TPSA) is 21.3 Å². The van der Waals surface area contributed by atoms with E-state index in [1.54, 1.807) is 13.2 Å². The zero-order valence-corrected chi connectivity index (χ0v) is 13.6. The summed E-state index contributed by atoms with van der Waals surface area (Å²) in [4.78, 5) is 0. The minimum atomic E-state index is -0.357. The van der Waals surface area contributed by atoms with Crippen LogP contribution in [0.3, 0.4) is 0 Å². The Morgan fingerprint density at radius 3 is 2.70 bits per heavy atom. The third kappa shape index (κ3) is 5.39. The average Bonchev–Trinajstić information content (AvgIpc) is 2.41. The van der Waals surface area contributed by atoms with Gasteiger partial charge in [-0.25, -0.2) is 4.39 Å². The molecule has 1 aromatic carbocycles. The summed E-state index contributed by atoms with van der Waals surface area (Å²) in [5.41, 5.74) is 0.623. The molecule has 2 nitrogen and oxygen atoms in total. The highest BCUT2D eigenvalue weighted by atomic mass is 35.5. The molecule has 0 aromatic heterocycles. The number of methoxy groups -OCH3 is 1. The fourth-order valence-corrected chi connectivity index (χ4v) is 2.42. The van der Waals surface area contributed by atoms with Crippen LogP contribution >= 0.6 is 11.6 Å². The van der Waals surface area contributed by atoms with Crippen LogP contribution in [0.25, 0.3) is 0 Å². The average molecular weight is 302 g/mol. The van der Waals surface area contributed by atoms with E-state index in [0.717, 1.165) is 24.9 Å². The SMILES string of the molecule is CCCNC(Cc1cccc(F)c1Cl)CC(C)(C)OC. The third-order valence-corrected chi connectivity index (χ3v) is 3.89. The number of ether oxygens (including phenoxy) is 1. The molecule has 0 aliphatic carbocycles. The molecule has 1 unspecified atom stereocenters. The highest BCUT2D eigenvalue weighted by Gasteiger charge is 2.23. The van der Waals surface area contributed by atoms with Gasteiger partial charge in [-0.05, 0) is 51.3 Å². The van der Waals surface area contributed by atoms with Gasteiger partial charge in [-0.3, -0.25) is 0 Å². The third-order valence-electron chi connectivity index (χ3n) is 3.47. The van der Waals surface area contributed by atoms with Gasteiger partial charge in [0.2, 0.25) is 0 Å². The van der Waals surface area contributed by atoms with E-state index in [0.29, 0.717) is 6.42 Å². The second-order valence-corrected chi connectivity index (χ2v) is 6.11. The number of benzene rings is 1. The highest BCUT2D eigenvalue weighted by Crippen LogP contribution is 2.24. The first-order chi connectivity index (χ1) is 9.39. The van der Waals surface area contributed by atoms with Crippen molar-refractivity contribution >= 4 is 11.6 Å². The van der Waals surface area contributed by atoms with Gasteiger partial charge in [0.25, 0.3) is 0 Å². The monoisotopic (exact) mass is 301 g/mol. The molecule has 0 heterocycles. The fraction of sp³-hybridized carbons (Fsp3) is 0.625. The molecule has 20 heavy (non-hydrogen) atoms. The van der Waals surface area contributed by atoms with Gasteiger partial charge in [-0.2, -0.15) is 0 Å². The van der Waals surface area contributed by atoms with E-state index in [1.807, 2.05) is 6.07 Å². The maximum absolute atomic E-state index is 13.5. The standard InChI is InChI=1S/C16H25ClFNO/c1-5-9-19-13(11-16(2,3)20-4)10-12-7-6-8-14(18)15(12)17/h6-8,13,19H,5,9-11H2,1-4H3. The molecule has 1 atom stereocenters. The van der Waals surface area contributed by atoms with Gasteiger partial charge in [0, 0.05) is 13.2 Å². The quantitative estimate of drug-likeness (QED) is 0.777. The van der Waals surface area contributed by atoms with Crippen molar-refractivity contribution in [1.82, 2.24) is 5.32 Å². The molecule has 114 valence electrons. The molecule has 0 bridgehead atoms. The van der Waals surface area contributed by atoms with Gasteiger partial charge in [0.1, 0.15) is 5.82 Å². The smallest absolute Gasteiger partial charge is 0.142 e. The van der Waals surface area contributed by atoms with Crippen LogP contribution in [-0.2, 0) is 11.2 Å². The maximum Gasteiger partial charge on any atom is 0.142 e.